The number of rotatable bonds is 7. The van der Waals surface area contributed by atoms with Crippen LogP contribution in [0.4, 0.5) is 13.2 Å². The Hall–Kier alpha value is -3.59. The van der Waals surface area contributed by atoms with Gasteiger partial charge >= 0.3 is 6.18 Å². The van der Waals surface area contributed by atoms with Gasteiger partial charge in [0, 0.05) is 24.9 Å². The van der Waals surface area contributed by atoms with Crippen molar-refractivity contribution >= 4 is 48.0 Å². The molecular weight excluding hydrogens is 535 g/mol. The number of fused-ring (bicyclic) bond motifs is 2. The fraction of sp³-hybridized carbons (Fsp3) is 0.273. The van der Waals surface area contributed by atoms with Crippen molar-refractivity contribution in [2.75, 3.05) is 17.9 Å². The Labute approximate surface area is 209 Å². The second-order valence-corrected chi connectivity index (χ2v) is 12.5. The summed E-state index contributed by atoms with van der Waals surface area (Å²) in [6.07, 6.45) is -1.69. The Kier molecular flexibility index (Phi) is 6.71. The molecule has 4 aromatic rings. The van der Waals surface area contributed by atoms with Gasteiger partial charge < -0.3 is 9.40 Å². The van der Waals surface area contributed by atoms with Gasteiger partial charge in [-0.1, -0.05) is 24.2 Å². The highest BCUT2D eigenvalue weighted by Crippen LogP contribution is 2.34. The third kappa shape index (κ3) is 5.56. The van der Waals surface area contributed by atoms with E-state index in [-0.39, 0.29) is 33.3 Å². The summed E-state index contributed by atoms with van der Waals surface area (Å²) >= 11 is 0. The van der Waals surface area contributed by atoms with E-state index in [2.05, 4.69) is 20.1 Å². The maximum Gasteiger partial charge on any atom is 0.417 e. The molecule has 1 aromatic carbocycles. The van der Waals surface area contributed by atoms with Crippen LogP contribution in [0.2, 0.25) is 0 Å². The molecule has 37 heavy (non-hydrogen) atoms. The van der Waals surface area contributed by atoms with Gasteiger partial charge in [-0.15, -0.1) is 0 Å². The Balaban J connectivity index is 1.88. The molecule has 0 bridgehead atoms. The maximum absolute atomic E-state index is 13.2. The predicted octanol–water partition coefficient (Wildman–Crippen LogP) is 3.35. The summed E-state index contributed by atoms with van der Waals surface area (Å²) < 4.78 is 89.1. The molecule has 0 radical (unpaired) electrons. The summed E-state index contributed by atoms with van der Waals surface area (Å²) in [5.74, 6) is -0.823. The Bertz CT molecular complexity index is 1770. The first kappa shape index (κ1) is 26.5. The third-order valence-corrected chi connectivity index (χ3v) is 7.59. The van der Waals surface area contributed by atoms with Crippen molar-refractivity contribution in [2.45, 2.75) is 18.0 Å². The highest BCUT2D eigenvalue weighted by atomic mass is 32.2. The van der Waals surface area contributed by atoms with Crippen molar-refractivity contribution < 1.29 is 34.8 Å². The van der Waals surface area contributed by atoms with Gasteiger partial charge in [0.15, 0.2) is 31.1 Å². The number of aryl methyl sites for hydroxylation is 1. The van der Waals surface area contributed by atoms with Crippen molar-refractivity contribution in [3.8, 4) is 11.5 Å². The quantitative estimate of drug-likeness (QED) is 0.250. The molecule has 0 unspecified atom stereocenters. The van der Waals surface area contributed by atoms with Gasteiger partial charge in [-0.3, -0.25) is 0 Å². The topological polar surface area (TPSA) is 133 Å². The molecule has 3 aromatic heterocycles. The lowest BCUT2D eigenvalue weighted by atomic mass is 10.1. The van der Waals surface area contributed by atoms with Crippen LogP contribution in [0.3, 0.4) is 0 Å². The summed E-state index contributed by atoms with van der Waals surface area (Å²) in [4.78, 5) is 17.2. The number of imidazole rings is 1. The van der Waals surface area contributed by atoms with Gasteiger partial charge in [0.1, 0.15) is 11.2 Å². The molecule has 0 spiro atoms. The van der Waals surface area contributed by atoms with E-state index in [0.717, 1.165) is 12.3 Å². The standard InChI is InChI=1S/C22H20F3N5O5S2/c1-4-37(33,34)18-8-14-6-5-13(10-27-35-12-36(3,31)32)7-16(14)28-19(18)21-29-17-9-15(22(23,24)25)11-26-20(17)30(21)2/h5-11H,4,12H2,1-3H3. The van der Waals surface area contributed by atoms with E-state index < -0.39 is 37.4 Å². The van der Waals surface area contributed by atoms with E-state index >= 15 is 0 Å². The van der Waals surface area contributed by atoms with E-state index in [0.29, 0.717) is 22.7 Å². The molecule has 196 valence electrons. The van der Waals surface area contributed by atoms with Crippen LogP contribution in [-0.2, 0) is 37.7 Å². The average molecular weight is 556 g/mol. The van der Waals surface area contributed by atoms with Crippen molar-refractivity contribution in [2.24, 2.45) is 12.2 Å². The molecule has 0 saturated heterocycles. The van der Waals surface area contributed by atoms with E-state index in [1.807, 2.05) is 0 Å². The Morgan fingerprint density at radius 2 is 1.81 bits per heavy atom. The lowest BCUT2D eigenvalue weighted by molar-refractivity contribution is -0.137. The first-order valence-corrected chi connectivity index (χ1v) is 14.3. The third-order valence-electron chi connectivity index (χ3n) is 5.31. The number of nitrogens with zero attached hydrogens (tertiary/aromatic N) is 5. The van der Waals surface area contributed by atoms with E-state index in [1.165, 1.54) is 30.8 Å². The highest BCUT2D eigenvalue weighted by Gasteiger charge is 2.32. The molecule has 0 amide bonds. The second-order valence-electron chi connectivity index (χ2n) is 8.16. The van der Waals surface area contributed by atoms with Gasteiger partial charge in [-0.2, -0.15) is 13.2 Å². The maximum atomic E-state index is 13.2. The molecular formula is C22H20F3N5O5S2. The number of hydrogen-bond donors (Lipinski definition) is 0. The predicted molar refractivity (Wildman–Crippen MR) is 130 cm³/mol. The van der Waals surface area contributed by atoms with Gasteiger partial charge in [0.25, 0.3) is 0 Å². The zero-order valence-electron chi connectivity index (χ0n) is 19.7. The van der Waals surface area contributed by atoms with E-state index in [4.69, 9.17) is 4.84 Å². The number of benzene rings is 1. The summed E-state index contributed by atoms with van der Waals surface area (Å²) in [6.45, 7) is 1.46. The first-order chi connectivity index (χ1) is 17.2. The van der Waals surface area contributed by atoms with Crippen LogP contribution in [-0.4, -0.2) is 60.5 Å². The lowest BCUT2D eigenvalue weighted by Gasteiger charge is -2.11. The Morgan fingerprint density at radius 1 is 1.08 bits per heavy atom. The molecule has 0 fully saturated rings. The summed E-state index contributed by atoms with van der Waals surface area (Å²) in [5, 5.41) is 4.08. The van der Waals surface area contributed by atoms with Crippen LogP contribution in [0.1, 0.15) is 18.1 Å². The fourth-order valence-electron chi connectivity index (χ4n) is 3.46. The van der Waals surface area contributed by atoms with Crippen LogP contribution in [0.5, 0.6) is 0 Å². The Morgan fingerprint density at radius 3 is 2.46 bits per heavy atom. The largest absolute Gasteiger partial charge is 0.417 e. The number of halogens is 3. The lowest BCUT2D eigenvalue weighted by Crippen LogP contribution is -2.09. The van der Waals surface area contributed by atoms with E-state index in [9.17, 15) is 30.0 Å². The van der Waals surface area contributed by atoms with Crippen LogP contribution in [0.25, 0.3) is 33.6 Å². The van der Waals surface area contributed by atoms with Crippen molar-refractivity contribution in [3.05, 3.63) is 47.7 Å². The summed E-state index contributed by atoms with van der Waals surface area (Å²) in [6, 6.07) is 7.04. The summed E-state index contributed by atoms with van der Waals surface area (Å²) in [5.41, 5.74) is -0.169. The first-order valence-electron chi connectivity index (χ1n) is 10.6. The second kappa shape index (κ2) is 9.37. The summed E-state index contributed by atoms with van der Waals surface area (Å²) in [7, 11) is -5.69. The highest BCUT2D eigenvalue weighted by molar-refractivity contribution is 7.91. The number of oxime groups is 1. The van der Waals surface area contributed by atoms with Gasteiger partial charge in [0.05, 0.1) is 27.9 Å². The minimum Gasteiger partial charge on any atom is -0.379 e. The van der Waals surface area contributed by atoms with Crippen molar-refractivity contribution in [1.29, 1.82) is 0 Å². The van der Waals surface area contributed by atoms with Gasteiger partial charge in [0.2, 0.25) is 5.94 Å². The number of hydrogen-bond acceptors (Lipinski definition) is 9. The molecule has 0 N–H and O–H groups in total. The van der Waals surface area contributed by atoms with E-state index in [1.54, 1.807) is 18.2 Å². The zero-order chi connectivity index (χ0) is 27.2. The molecule has 10 nitrogen and oxygen atoms in total. The molecule has 0 aliphatic heterocycles. The molecule has 15 heteroatoms. The zero-order valence-corrected chi connectivity index (χ0v) is 21.3. The molecule has 0 aliphatic carbocycles. The number of alkyl halides is 3. The minimum absolute atomic E-state index is 0.0197. The number of aromatic nitrogens is 4. The molecule has 0 saturated carbocycles. The normalized spacial score (nSPS) is 13.1. The van der Waals surface area contributed by atoms with Crippen LogP contribution >= 0.6 is 0 Å². The van der Waals surface area contributed by atoms with Crippen LogP contribution in [0, 0.1) is 0 Å². The average Bonchev–Trinajstić information content (AvgIpc) is 3.15. The fourth-order valence-corrected chi connectivity index (χ4v) is 4.77. The molecule has 4 rings (SSSR count). The van der Waals surface area contributed by atoms with Crippen molar-refractivity contribution in [1.82, 2.24) is 19.5 Å². The van der Waals surface area contributed by atoms with Crippen LogP contribution < -0.4 is 0 Å². The molecule has 0 aliphatic rings. The molecule has 0 atom stereocenters. The van der Waals surface area contributed by atoms with Crippen molar-refractivity contribution in [3.63, 3.8) is 0 Å². The van der Waals surface area contributed by atoms with Gasteiger partial charge in [-0.25, -0.2) is 31.8 Å². The number of sulfone groups is 2. The van der Waals surface area contributed by atoms with Crippen LogP contribution in [0.15, 0.2) is 46.6 Å². The minimum atomic E-state index is -4.63. The monoisotopic (exact) mass is 555 g/mol. The molecule has 3 heterocycles. The smallest absolute Gasteiger partial charge is 0.379 e. The van der Waals surface area contributed by atoms with Gasteiger partial charge in [-0.05, 0) is 23.8 Å². The SMILES string of the molecule is CCS(=O)(=O)c1cc2ccc(C=NOCS(C)(=O)=O)cc2nc1-c1nc2cc(C(F)(F)F)cnc2n1C. The number of pyridine rings is 2.